The lowest BCUT2D eigenvalue weighted by atomic mass is 10.2. The van der Waals surface area contributed by atoms with Crippen LogP contribution in [-0.4, -0.2) is 83.9 Å². The summed E-state index contributed by atoms with van der Waals surface area (Å²) in [6, 6.07) is 3.51. The zero-order valence-corrected chi connectivity index (χ0v) is 12.9. The summed E-state index contributed by atoms with van der Waals surface area (Å²) in [4.78, 5) is 18.1. The van der Waals surface area contributed by atoms with Crippen LogP contribution in [0.5, 0.6) is 0 Å². The zero-order valence-electron chi connectivity index (χ0n) is 12.9. The van der Waals surface area contributed by atoms with E-state index in [9.17, 15) is 9.90 Å². The molecule has 0 radical (unpaired) electrons. The monoisotopic (exact) mass is 293 g/mol. The van der Waals surface area contributed by atoms with Crippen molar-refractivity contribution in [2.75, 3.05) is 51.7 Å². The molecule has 1 aliphatic rings. The van der Waals surface area contributed by atoms with Gasteiger partial charge in [-0.3, -0.25) is 9.69 Å². The van der Waals surface area contributed by atoms with Crippen molar-refractivity contribution in [3.05, 3.63) is 17.8 Å². The Balaban J connectivity index is 1.92. The summed E-state index contributed by atoms with van der Waals surface area (Å²) in [5.74, 6) is 0.651. The van der Waals surface area contributed by atoms with Crippen LogP contribution in [0.15, 0.2) is 12.1 Å². The third-order valence-corrected chi connectivity index (χ3v) is 3.51. The molecule has 21 heavy (non-hydrogen) atoms. The molecule has 0 unspecified atom stereocenters. The van der Waals surface area contributed by atoms with E-state index in [0.717, 1.165) is 18.9 Å². The minimum atomic E-state index is -0.336. The number of β-amino-alcohol motifs (C(OH)–C–C–N with tert-alkyl or cyclic N) is 1. The molecule has 0 saturated carbocycles. The van der Waals surface area contributed by atoms with Crippen molar-refractivity contribution in [2.45, 2.75) is 13.0 Å². The van der Waals surface area contributed by atoms with Crippen molar-refractivity contribution in [3.8, 4) is 0 Å². The van der Waals surface area contributed by atoms with Gasteiger partial charge >= 0.3 is 0 Å². The molecule has 1 saturated heterocycles. The average Bonchev–Trinajstić information content (AvgIpc) is 2.47. The first kappa shape index (κ1) is 15.7. The highest BCUT2D eigenvalue weighted by atomic mass is 16.3. The van der Waals surface area contributed by atoms with Crippen LogP contribution >= 0.6 is 0 Å². The number of rotatable bonds is 4. The van der Waals surface area contributed by atoms with Gasteiger partial charge in [0.1, 0.15) is 0 Å². The molecule has 1 aromatic heterocycles. The molecule has 0 spiro atoms. The fourth-order valence-electron chi connectivity index (χ4n) is 2.35. The lowest BCUT2D eigenvalue weighted by Gasteiger charge is -2.35. The van der Waals surface area contributed by atoms with Gasteiger partial charge in [-0.05, 0) is 19.1 Å². The molecule has 7 heteroatoms. The Hall–Kier alpha value is -1.73. The summed E-state index contributed by atoms with van der Waals surface area (Å²) in [5, 5.41) is 17.4. The number of piperazine rings is 1. The van der Waals surface area contributed by atoms with Crippen molar-refractivity contribution >= 4 is 11.7 Å². The molecule has 0 bridgehead atoms. The Morgan fingerprint density at radius 3 is 2.43 bits per heavy atom. The molecule has 0 aromatic carbocycles. The van der Waals surface area contributed by atoms with E-state index in [1.807, 2.05) is 19.0 Å². The molecule has 1 fully saturated rings. The topological polar surface area (TPSA) is 72.8 Å². The van der Waals surface area contributed by atoms with Gasteiger partial charge in [0.15, 0.2) is 11.5 Å². The van der Waals surface area contributed by atoms with Gasteiger partial charge in [0.05, 0.1) is 6.10 Å². The maximum atomic E-state index is 12.4. The molecule has 2 heterocycles. The molecule has 2 rings (SSSR count). The van der Waals surface area contributed by atoms with Gasteiger partial charge in [-0.15, -0.1) is 10.2 Å². The van der Waals surface area contributed by atoms with E-state index in [2.05, 4.69) is 15.1 Å². The molecule has 1 N–H and O–H groups in total. The first-order valence-corrected chi connectivity index (χ1v) is 7.18. The summed E-state index contributed by atoms with van der Waals surface area (Å²) in [6.45, 7) is 5.30. The standard InChI is InChI=1S/C14H23N5O2/c1-11(20)10-18-6-8-19(9-7-18)14(21)12-4-5-13(16-15-12)17(2)3/h4-5,11,20H,6-10H2,1-3H3/t11-/m1/s1. The van der Waals surface area contributed by atoms with E-state index in [4.69, 9.17) is 0 Å². The highest BCUT2D eigenvalue weighted by Crippen LogP contribution is 2.10. The molecule has 1 aliphatic heterocycles. The van der Waals surface area contributed by atoms with Crippen LogP contribution in [0.4, 0.5) is 5.82 Å². The second-order valence-corrected chi connectivity index (χ2v) is 5.61. The van der Waals surface area contributed by atoms with Gasteiger partial charge in [0, 0.05) is 46.8 Å². The third kappa shape index (κ3) is 4.12. The Kier molecular flexibility index (Phi) is 5.08. The molecule has 1 amide bonds. The van der Waals surface area contributed by atoms with Crippen LogP contribution < -0.4 is 4.90 Å². The van der Waals surface area contributed by atoms with Gasteiger partial charge in [-0.25, -0.2) is 0 Å². The molecular formula is C14H23N5O2. The Morgan fingerprint density at radius 1 is 1.29 bits per heavy atom. The lowest BCUT2D eigenvalue weighted by molar-refractivity contribution is 0.0548. The Labute approximate surface area is 125 Å². The number of carbonyl (C=O) groups excluding carboxylic acids is 1. The van der Waals surface area contributed by atoms with Crippen LogP contribution in [-0.2, 0) is 0 Å². The minimum absolute atomic E-state index is 0.0792. The molecule has 1 aromatic rings. The number of nitrogens with zero attached hydrogens (tertiary/aromatic N) is 5. The van der Waals surface area contributed by atoms with Crippen molar-refractivity contribution in [3.63, 3.8) is 0 Å². The third-order valence-electron chi connectivity index (χ3n) is 3.51. The van der Waals surface area contributed by atoms with E-state index < -0.39 is 0 Å². The van der Waals surface area contributed by atoms with E-state index in [1.54, 1.807) is 24.0 Å². The number of aliphatic hydroxyl groups is 1. The van der Waals surface area contributed by atoms with Crippen LogP contribution in [0.25, 0.3) is 0 Å². The number of amides is 1. The summed E-state index contributed by atoms with van der Waals surface area (Å²) < 4.78 is 0. The van der Waals surface area contributed by atoms with Crippen molar-refractivity contribution in [2.24, 2.45) is 0 Å². The predicted molar refractivity (Wildman–Crippen MR) is 80.4 cm³/mol. The average molecular weight is 293 g/mol. The van der Waals surface area contributed by atoms with E-state index in [-0.39, 0.29) is 12.0 Å². The zero-order chi connectivity index (χ0) is 15.4. The van der Waals surface area contributed by atoms with Crippen LogP contribution in [0.1, 0.15) is 17.4 Å². The largest absolute Gasteiger partial charge is 0.392 e. The van der Waals surface area contributed by atoms with Crippen molar-refractivity contribution < 1.29 is 9.90 Å². The van der Waals surface area contributed by atoms with E-state index >= 15 is 0 Å². The van der Waals surface area contributed by atoms with Gasteiger partial charge in [-0.2, -0.15) is 0 Å². The van der Waals surface area contributed by atoms with Crippen LogP contribution in [0, 0.1) is 0 Å². The molecule has 1 atom stereocenters. The number of hydrogen-bond donors (Lipinski definition) is 1. The maximum absolute atomic E-state index is 12.4. The normalized spacial score (nSPS) is 17.6. The van der Waals surface area contributed by atoms with Gasteiger partial charge in [0.2, 0.25) is 0 Å². The Bertz CT molecular complexity index is 467. The van der Waals surface area contributed by atoms with E-state index in [0.29, 0.717) is 25.3 Å². The fraction of sp³-hybridized carbons (Fsp3) is 0.643. The first-order valence-electron chi connectivity index (χ1n) is 7.18. The molecule has 0 aliphatic carbocycles. The number of anilines is 1. The number of aliphatic hydroxyl groups excluding tert-OH is 1. The highest BCUT2D eigenvalue weighted by molar-refractivity contribution is 5.92. The summed E-state index contributed by atoms with van der Waals surface area (Å²) in [5.41, 5.74) is 0.379. The van der Waals surface area contributed by atoms with Crippen molar-refractivity contribution in [1.29, 1.82) is 0 Å². The minimum Gasteiger partial charge on any atom is -0.392 e. The van der Waals surface area contributed by atoms with Gasteiger partial charge < -0.3 is 14.9 Å². The molecule has 116 valence electrons. The molecule has 7 nitrogen and oxygen atoms in total. The quantitative estimate of drug-likeness (QED) is 0.820. The second-order valence-electron chi connectivity index (χ2n) is 5.61. The Morgan fingerprint density at radius 2 is 1.95 bits per heavy atom. The van der Waals surface area contributed by atoms with E-state index in [1.165, 1.54) is 0 Å². The van der Waals surface area contributed by atoms with Crippen molar-refractivity contribution in [1.82, 2.24) is 20.0 Å². The fourth-order valence-corrected chi connectivity index (χ4v) is 2.35. The highest BCUT2D eigenvalue weighted by Gasteiger charge is 2.23. The number of hydrogen-bond acceptors (Lipinski definition) is 6. The maximum Gasteiger partial charge on any atom is 0.274 e. The van der Waals surface area contributed by atoms with Crippen LogP contribution in [0.2, 0.25) is 0 Å². The van der Waals surface area contributed by atoms with Crippen LogP contribution in [0.3, 0.4) is 0 Å². The predicted octanol–water partition coefficient (Wildman–Crippen LogP) is -0.319. The smallest absolute Gasteiger partial charge is 0.274 e. The SMILES string of the molecule is C[C@@H](O)CN1CCN(C(=O)c2ccc(N(C)C)nn2)CC1. The summed E-state index contributed by atoms with van der Waals surface area (Å²) in [6.07, 6.45) is -0.336. The number of carbonyl (C=O) groups is 1. The lowest BCUT2D eigenvalue weighted by Crippen LogP contribution is -2.50. The van der Waals surface area contributed by atoms with Gasteiger partial charge in [-0.1, -0.05) is 0 Å². The van der Waals surface area contributed by atoms with Gasteiger partial charge in [0.25, 0.3) is 5.91 Å². The second kappa shape index (κ2) is 6.82. The summed E-state index contributed by atoms with van der Waals surface area (Å²) >= 11 is 0. The first-order chi connectivity index (χ1) is 9.97. The molecular weight excluding hydrogens is 270 g/mol. The summed E-state index contributed by atoms with van der Waals surface area (Å²) in [7, 11) is 3.76. The number of aromatic nitrogens is 2.